The molecule has 0 aliphatic rings. The van der Waals surface area contributed by atoms with Crippen molar-refractivity contribution in [3.05, 3.63) is 28.7 Å². The smallest absolute Gasteiger partial charge is 0.0556 e. The van der Waals surface area contributed by atoms with Crippen molar-refractivity contribution in [1.29, 1.82) is 0 Å². The molecule has 0 fully saturated rings. The molecule has 1 rings (SSSR count). The largest absolute Gasteiger partial charge is 0.316 e. The molecule has 1 aromatic carbocycles. The van der Waals surface area contributed by atoms with Gasteiger partial charge in [0.2, 0.25) is 0 Å². The minimum absolute atomic E-state index is 0.299. The maximum absolute atomic E-state index is 12.3. The van der Waals surface area contributed by atoms with Gasteiger partial charge < -0.3 is 5.32 Å². The van der Waals surface area contributed by atoms with Crippen LogP contribution in [0.2, 0.25) is 0 Å². The van der Waals surface area contributed by atoms with Gasteiger partial charge in [0.1, 0.15) is 0 Å². The summed E-state index contributed by atoms with van der Waals surface area (Å²) in [6, 6.07) is 8.02. The van der Waals surface area contributed by atoms with E-state index in [4.69, 9.17) is 0 Å². The standard InChI is InChI=1S/C13H20BrNOS/c1-4-10(2)12(15-3)9-17(16)13-8-6-5-7-11(13)14/h5-8,10,12,15H,4,9H2,1-3H3. The van der Waals surface area contributed by atoms with Crippen LogP contribution in [0.1, 0.15) is 20.3 Å². The molecule has 3 unspecified atom stereocenters. The fraction of sp³-hybridized carbons (Fsp3) is 0.538. The first kappa shape index (κ1) is 14.9. The Morgan fingerprint density at radius 1 is 1.41 bits per heavy atom. The summed E-state index contributed by atoms with van der Waals surface area (Å²) in [6.45, 7) is 4.36. The van der Waals surface area contributed by atoms with Crippen LogP contribution in [-0.2, 0) is 10.8 Å². The van der Waals surface area contributed by atoms with Gasteiger partial charge in [-0.3, -0.25) is 4.21 Å². The molecular weight excluding hydrogens is 298 g/mol. The van der Waals surface area contributed by atoms with E-state index in [0.717, 1.165) is 15.8 Å². The predicted molar refractivity (Wildman–Crippen MR) is 77.7 cm³/mol. The number of hydrogen-bond donors (Lipinski definition) is 1. The summed E-state index contributed by atoms with van der Waals surface area (Å²) in [5.41, 5.74) is 0. The molecule has 0 aromatic heterocycles. The highest BCUT2D eigenvalue weighted by atomic mass is 79.9. The maximum atomic E-state index is 12.3. The Balaban J connectivity index is 2.75. The first-order valence-corrected chi connectivity index (χ1v) is 8.01. The second-order valence-electron chi connectivity index (χ2n) is 4.22. The Morgan fingerprint density at radius 3 is 2.59 bits per heavy atom. The van der Waals surface area contributed by atoms with Crippen molar-refractivity contribution in [2.45, 2.75) is 31.2 Å². The molecule has 0 saturated carbocycles. The van der Waals surface area contributed by atoms with Gasteiger partial charge in [-0.15, -0.1) is 0 Å². The lowest BCUT2D eigenvalue weighted by Gasteiger charge is -2.22. The molecule has 0 spiro atoms. The number of rotatable bonds is 6. The third-order valence-corrected chi connectivity index (χ3v) is 5.58. The van der Waals surface area contributed by atoms with Gasteiger partial charge in [-0.1, -0.05) is 32.4 Å². The van der Waals surface area contributed by atoms with Crippen molar-refractivity contribution in [3.8, 4) is 0 Å². The van der Waals surface area contributed by atoms with Gasteiger partial charge in [0.15, 0.2) is 0 Å². The zero-order chi connectivity index (χ0) is 12.8. The highest BCUT2D eigenvalue weighted by Crippen LogP contribution is 2.21. The fourth-order valence-electron chi connectivity index (χ4n) is 1.70. The van der Waals surface area contributed by atoms with Crippen molar-refractivity contribution in [3.63, 3.8) is 0 Å². The Bertz CT molecular complexity index is 383. The van der Waals surface area contributed by atoms with E-state index >= 15 is 0 Å². The van der Waals surface area contributed by atoms with Crippen LogP contribution in [0.25, 0.3) is 0 Å². The Hall–Kier alpha value is -0.190. The quantitative estimate of drug-likeness (QED) is 0.873. The summed E-state index contributed by atoms with van der Waals surface area (Å²) >= 11 is 3.45. The summed E-state index contributed by atoms with van der Waals surface area (Å²) in [7, 11) is 0.982. The maximum Gasteiger partial charge on any atom is 0.0556 e. The molecule has 96 valence electrons. The molecule has 1 aromatic rings. The number of halogens is 1. The van der Waals surface area contributed by atoms with Crippen molar-refractivity contribution < 1.29 is 4.21 Å². The molecule has 3 atom stereocenters. The normalized spacial score (nSPS) is 16.5. The number of hydrogen-bond acceptors (Lipinski definition) is 2. The SMILES string of the molecule is CCC(C)C(CS(=O)c1ccccc1Br)NC. The second-order valence-corrected chi connectivity index (χ2v) is 6.54. The molecule has 0 heterocycles. The molecule has 0 aliphatic heterocycles. The van der Waals surface area contributed by atoms with E-state index in [1.165, 1.54) is 0 Å². The van der Waals surface area contributed by atoms with Crippen LogP contribution >= 0.6 is 15.9 Å². The first-order chi connectivity index (χ1) is 8.10. The molecule has 0 bridgehead atoms. The third-order valence-electron chi connectivity index (χ3n) is 3.11. The van der Waals surface area contributed by atoms with E-state index < -0.39 is 10.8 Å². The van der Waals surface area contributed by atoms with E-state index in [1.807, 2.05) is 31.3 Å². The minimum Gasteiger partial charge on any atom is -0.316 e. The molecule has 4 heteroatoms. The lowest BCUT2D eigenvalue weighted by Crippen LogP contribution is -2.36. The van der Waals surface area contributed by atoms with Gasteiger partial charge >= 0.3 is 0 Å². The van der Waals surface area contributed by atoms with Gasteiger partial charge in [0.25, 0.3) is 0 Å². The van der Waals surface area contributed by atoms with Gasteiger partial charge in [-0.2, -0.15) is 0 Å². The molecule has 0 radical (unpaired) electrons. The second kappa shape index (κ2) is 7.29. The van der Waals surface area contributed by atoms with Gasteiger partial charge in [-0.05, 0) is 41.0 Å². The van der Waals surface area contributed by atoms with Gasteiger partial charge in [0, 0.05) is 16.3 Å². The van der Waals surface area contributed by atoms with E-state index in [1.54, 1.807) is 0 Å². The lowest BCUT2D eigenvalue weighted by molar-refractivity contribution is 0.418. The van der Waals surface area contributed by atoms with Crippen LogP contribution in [0.5, 0.6) is 0 Å². The summed E-state index contributed by atoms with van der Waals surface area (Å²) in [5, 5.41) is 3.26. The van der Waals surface area contributed by atoms with Crippen LogP contribution < -0.4 is 5.32 Å². The summed E-state index contributed by atoms with van der Waals surface area (Å²) in [6.07, 6.45) is 1.10. The van der Waals surface area contributed by atoms with Crippen LogP contribution in [0, 0.1) is 5.92 Å². The van der Waals surface area contributed by atoms with Crippen LogP contribution in [0.15, 0.2) is 33.6 Å². The van der Waals surface area contributed by atoms with Crippen molar-refractivity contribution in [2.75, 3.05) is 12.8 Å². The monoisotopic (exact) mass is 317 g/mol. The lowest BCUT2D eigenvalue weighted by atomic mass is 10.0. The van der Waals surface area contributed by atoms with Crippen molar-refractivity contribution in [2.24, 2.45) is 5.92 Å². The van der Waals surface area contributed by atoms with E-state index in [2.05, 4.69) is 35.1 Å². The minimum atomic E-state index is -0.956. The summed E-state index contributed by atoms with van der Waals surface area (Å²) in [4.78, 5) is 0.885. The average molecular weight is 318 g/mol. The number of nitrogens with one attached hydrogen (secondary N) is 1. The van der Waals surface area contributed by atoms with E-state index in [-0.39, 0.29) is 0 Å². The summed E-state index contributed by atoms with van der Waals surface area (Å²) in [5.74, 6) is 1.19. The Labute approximate surface area is 115 Å². The topological polar surface area (TPSA) is 29.1 Å². The zero-order valence-electron chi connectivity index (χ0n) is 10.6. The highest BCUT2D eigenvalue weighted by molar-refractivity contribution is 9.10. The number of benzene rings is 1. The Kier molecular flexibility index (Phi) is 6.38. The first-order valence-electron chi connectivity index (χ1n) is 5.90. The predicted octanol–water partition coefficient (Wildman–Crippen LogP) is 3.19. The molecule has 1 N–H and O–H groups in total. The van der Waals surface area contributed by atoms with E-state index in [9.17, 15) is 4.21 Å². The molecule has 17 heavy (non-hydrogen) atoms. The molecule has 2 nitrogen and oxygen atoms in total. The third kappa shape index (κ3) is 4.19. The molecule has 0 amide bonds. The summed E-state index contributed by atoms with van der Waals surface area (Å²) < 4.78 is 13.2. The molecular formula is C13H20BrNOS. The molecule has 0 aliphatic carbocycles. The van der Waals surface area contributed by atoms with Crippen LogP contribution in [0.3, 0.4) is 0 Å². The van der Waals surface area contributed by atoms with E-state index in [0.29, 0.717) is 17.7 Å². The van der Waals surface area contributed by atoms with Crippen molar-refractivity contribution in [1.82, 2.24) is 5.32 Å². The fourth-order valence-corrected chi connectivity index (χ4v) is 4.04. The molecule has 0 saturated heterocycles. The van der Waals surface area contributed by atoms with Crippen LogP contribution in [0.4, 0.5) is 0 Å². The average Bonchev–Trinajstić information content (AvgIpc) is 2.35. The highest BCUT2D eigenvalue weighted by Gasteiger charge is 2.18. The van der Waals surface area contributed by atoms with Gasteiger partial charge in [-0.25, -0.2) is 0 Å². The van der Waals surface area contributed by atoms with Gasteiger partial charge in [0.05, 0.1) is 15.7 Å². The van der Waals surface area contributed by atoms with Crippen molar-refractivity contribution >= 4 is 26.7 Å². The zero-order valence-corrected chi connectivity index (χ0v) is 13.0. The van der Waals surface area contributed by atoms with Crippen LogP contribution in [-0.4, -0.2) is 23.1 Å². The Morgan fingerprint density at radius 2 is 2.06 bits per heavy atom.